The molecular formula is C34H28N2O5. The Kier molecular flexibility index (Phi) is 7.03. The van der Waals surface area contributed by atoms with E-state index >= 15 is 0 Å². The third-order valence-electron chi connectivity index (χ3n) is 7.74. The molecular weight excluding hydrogens is 516 g/mol. The zero-order valence-electron chi connectivity index (χ0n) is 22.6. The summed E-state index contributed by atoms with van der Waals surface area (Å²) in [4.78, 5) is 54.4. The maximum absolute atomic E-state index is 13.1. The predicted octanol–water partition coefficient (Wildman–Crippen LogP) is 5.06. The number of amides is 2. The summed E-state index contributed by atoms with van der Waals surface area (Å²) in [6.45, 7) is 0.159. The molecule has 7 nitrogen and oxygen atoms in total. The number of imide groups is 1. The van der Waals surface area contributed by atoms with Crippen LogP contribution in [0.2, 0.25) is 0 Å². The van der Waals surface area contributed by atoms with Gasteiger partial charge in [0.25, 0.3) is 5.91 Å². The number of likely N-dealkylation sites (N-methyl/N-ethyl adjacent to an activating group) is 1. The van der Waals surface area contributed by atoms with Crippen LogP contribution in [0.15, 0.2) is 97.1 Å². The maximum atomic E-state index is 13.1. The van der Waals surface area contributed by atoms with E-state index in [9.17, 15) is 19.2 Å². The lowest BCUT2D eigenvalue weighted by Gasteiger charge is -2.23. The average molecular weight is 545 g/mol. The Balaban J connectivity index is 1.06. The summed E-state index contributed by atoms with van der Waals surface area (Å²) in [7, 11) is 1.83. The Bertz CT molecular complexity index is 1660. The molecule has 1 unspecified atom stereocenters. The Morgan fingerprint density at radius 3 is 2.29 bits per heavy atom. The van der Waals surface area contributed by atoms with Crippen molar-refractivity contribution in [3.63, 3.8) is 0 Å². The number of fused-ring (bicyclic) bond motifs is 3. The van der Waals surface area contributed by atoms with Crippen molar-refractivity contribution < 1.29 is 23.9 Å². The SMILES string of the molecule is CN(Cc1ccccc1)C1CC(=O)N(c2ccc(C(=O)OCC(=O)c3ccc4c(c3)Cc3ccccc3-4)cc2)C1=O. The average Bonchev–Trinajstić information content (AvgIpc) is 3.52. The minimum absolute atomic E-state index is 0.0862. The Hall–Kier alpha value is -4.88. The molecule has 2 aliphatic rings. The molecule has 0 radical (unpaired) electrons. The van der Waals surface area contributed by atoms with Crippen molar-refractivity contribution in [3.05, 3.63) is 125 Å². The monoisotopic (exact) mass is 544 g/mol. The van der Waals surface area contributed by atoms with E-state index < -0.39 is 12.0 Å². The molecule has 1 heterocycles. The summed E-state index contributed by atoms with van der Waals surface area (Å²) in [5.41, 5.74) is 6.79. The van der Waals surface area contributed by atoms with Crippen LogP contribution in [0.4, 0.5) is 5.69 Å². The summed E-state index contributed by atoms with van der Waals surface area (Å²) in [5.74, 6) is -1.53. The van der Waals surface area contributed by atoms with Gasteiger partial charge in [-0.25, -0.2) is 9.69 Å². The van der Waals surface area contributed by atoms with Crippen LogP contribution in [0.3, 0.4) is 0 Å². The molecule has 4 aromatic carbocycles. The van der Waals surface area contributed by atoms with E-state index in [1.807, 2.05) is 66.5 Å². The second kappa shape index (κ2) is 10.9. The van der Waals surface area contributed by atoms with Crippen molar-refractivity contribution >= 4 is 29.3 Å². The molecule has 6 rings (SSSR count). The summed E-state index contributed by atoms with van der Waals surface area (Å²) >= 11 is 0. The number of rotatable bonds is 8. The van der Waals surface area contributed by atoms with Gasteiger partial charge in [0, 0.05) is 12.1 Å². The lowest BCUT2D eigenvalue weighted by molar-refractivity contribution is -0.122. The van der Waals surface area contributed by atoms with Crippen LogP contribution in [-0.2, 0) is 27.3 Å². The molecule has 1 aliphatic heterocycles. The summed E-state index contributed by atoms with van der Waals surface area (Å²) < 4.78 is 5.30. The minimum atomic E-state index is -0.655. The fourth-order valence-corrected chi connectivity index (χ4v) is 5.58. The van der Waals surface area contributed by atoms with Gasteiger partial charge in [-0.1, -0.05) is 66.7 Å². The molecule has 0 spiro atoms. The number of hydrogen-bond acceptors (Lipinski definition) is 6. The first kappa shape index (κ1) is 26.3. The molecule has 0 N–H and O–H groups in total. The first-order chi connectivity index (χ1) is 19.9. The van der Waals surface area contributed by atoms with Gasteiger partial charge < -0.3 is 4.74 Å². The van der Waals surface area contributed by atoms with Crippen LogP contribution in [0.1, 0.15) is 43.8 Å². The number of benzene rings is 4. The molecule has 0 bridgehead atoms. The van der Waals surface area contributed by atoms with Crippen molar-refractivity contribution in [3.8, 4) is 11.1 Å². The molecule has 0 aromatic heterocycles. The zero-order valence-corrected chi connectivity index (χ0v) is 22.6. The van der Waals surface area contributed by atoms with E-state index in [4.69, 9.17) is 4.74 Å². The minimum Gasteiger partial charge on any atom is -0.454 e. The zero-order chi connectivity index (χ0) is 28.5. The number of esters is 1. The predicted molar refractivity (Wildman–Crippen MR) is 155 cm³/mol. The van der Waals surface area contributed by atoms with Crippen LogP contribution in [0.5, 0.6) is 0 Å². The van der Waals surface area contributed by atoms with E-state index in [2.05, 4.69) is 12.1 Å². The van der Waals surface area contributed by atoms with E-state index in [0.29, 0.717) is 17.8 Å². The van der Waals surface area contributed by atoms with Gasteiger partial charge in [-0.05, 0) is 71.6 Å². The third kappa shape index (κ3) is 5.19. The van der Waals surface area contributed by atoms with E-state index in [0.717, 1.165) is 28.0 Å². The van der Waals surface area contributed by atoms with E-state index in [-0.39, 0.29) is 36.2 Å². The molecule has 204 valence electrons. The molecule has 7 heteroatoms. The van der Waals surface area contributed by atoms with Crippen LogP contribution in [0.25, 0.3) is 11.1 Å². The van der Waals surface area contributed by atoms with Gasteiger partial charge in [0.1, 0.15) is 0 Å². The molecule has 41 heavy (non-hydrogen) atoms. The molecule has 0 saturated carbocycles. The van der Waals surface area contributed by atoms with Gasteiger partial charge in [-0.15, -0.1) is 0 Å². The van der Waals surface area contributed by atoms with Crippen molar-refractivity contribution in [2.24, 2.45) is 0 Å². The number of carbonyl (C=O) groups excluding carboxylic acids is 4. The van der Waals surface area contributed by atoms with Crippen LogP contribution >= 0.6 is 0 Å². The smallest absolute Gasteiger partial charge is 0.338 e. The summed E-state index contributed by atoms with van der Waals surface area (Å²) in [6.07, 6.45) is 0.855. The first-order valence-electron chi connectivity index (χ1n) is 13.5. The van der Waals surface area contributed by atoms with E-state index in [1.165, 1.54) is 23.3 Å². The van der Waals surface area contributed by atoms with Crippen LogP contribution < -0.4 is 4.90 Å². The number of ether oxygens (including phenoxy) is 1. The number of hydrogen-bond donors (Lipinski definition) is 0. The van der Waals surface area contributed by atoms with Gasteiger partial charge >= 0.3 is 5.97 Å². The highest BCUT2D eigenvalue weighted by Gasteiger charge is 2.41. The van der Waals surface area contributed by atoms with Crippen LogP contribution in [0, 0.1) is 0 Å². The van der Waals surface area contributed by atoms with Gasteiger partial charge in [0.05, 0.1) is 23.7 Å². The number of ketones is 1. The van der Waals surface area contributed by atoms with E-state index in [1.54, 1.807) is 18.2 Å². The number of carbonyl (C=O) groups is 4. The highest BCUT2D eigenvalue weighted by molar-refractivity contribution is 6.22. The molecule has 1 saturated heterocycles. The molecule has 2 amide bonds. The van der Waals surface area contributed by atoms with Gasteiger partial charge in [-0.2, -0.15) is 0 Å². The normalized spacial score (nSPS) is 15.7. The highest BCUT2D eigenvalue weighted by Crippen LogP contribution is 2.36. The quantitative estimate of drug-likeness (QED) is 0.154. The lowest BCUT2D eigenvalue weighted by atomic mass is 10.0. The fraction of sp³-hybridized carbons (Fsp3) is 0.176. The summed E-state index contributed by atoms with van der Waals surface area (Å²) in [6, 6.07) is 29.0. The van der Waals surface area contributed by atoms with Crippen molar-refractivity contribution in [1.82, 2.24) is 4.90 Å². The molecule has 1 fully saturated rings. The Labute approximate surface area is 238 Å². The number of Topliss-reactive ketones (excluding diaryl/α,β-unsaturated/α-hetero) is 1. The van der Waals surface area contributed by atoms with Crippen molar-refractivity contribution in [2.45, 2.75) is 25.4 Å². The fourth-order valence-electron chi connectivity index (χ4n) is 5.58. The first-order valence-corrected chi connectivity index (χ1v) is 13.5. The molecule has 1 aliphatic carbocycles. The van der Waals surface area contributed by atoms with Crippen molar-refractivity contribution in [2.75, 3.05) is 18.6 Å². The molecule has 4 aromatic rings. The van der Waals surface area contributed by atoms with Gasteiger partial charge in [0.15, 0.2) is 12.4 Å². The molecule has 1 atom stereocenters. The standard InChI is InChI=1S/C34H28N2O5/c1-35(20-22-7-3-2-4-8-22)30-19-32(38)36(33(30)39)27-14-11-23(12-15-27)34(40)41-21-31(37)25-13-16-29-26(18-25)17-24-9-5-6-10-28(24)29/h2-16,18,30H,17,19-21H2,1H3. The second-order valence-electron chi connectivity index (χ2n) is 10.4. The second-order valence-corrected chi connectivity index (χ2v) is 10.4. The lowest BCUT2D eigenvalue weighted by Crippen LogP contribution is -2.39. The van der Waals surface area contributed by atoms with Crippen molar-refractivity contribution in [1.29, 1.82) is 0 Å². The van der Waals surface area contributed by atoms with Gasteiger partial charge in [-0.3, -0.25) is 19.3 Å². The van der Waals surface area contributed by atoms with Gasteiger partial charge in [0.2, 0.25) is 5.91 Å². The highest BCUT2D eigenvalue weighted by atomic mass is 16.5. The third-order valence-corrected chi connectivity index (χ3v) is 7.74. The topological polar surface area (TPSA) is 84.0 Å². The van der Waals surface area contributed by atoms with Crippen LogP contribution in [-0.4, -0.2) is 48.2 Å². The number of nitrogens with zero attached hydrogens (tertiary/aromatic N) is 2. The summed E-state index contributed by atoms with van der Waals surface area (Å²) in [5, 5.41) is 0. The Morgan fingerprint density at radius 2 is 1.51 bits per heavy atom. The number of anilines is 1. The Morgan fingerprint density at radius 1 is 0.829 bits per heavy atom. The largest absolute Gasteiger partial charge is 0.454 e. The maximum Gasteiger partial charge on any atom is 0.338 e.